The predicted octanol–water partition coefficient (Wildman–Crippen LogP) is 2.71. The first-order valence-corrected chi connectivity index (χ1v) is 13.5. The molecule has 3 heterocycles. The number of carboxylic acids is 1. The lowest BCUT2D eigenvalue weighted by atomic mass is 9.53. The second-order valence-corrected chi connectivity index (χ2v) is 10.9. The van der Waals surface area contributed by atoms with E-state index in [-0.39, 0.29) is 47.6 Å². The Morgan fingerprint density at radius 3 is 2.51 bits per heavy atom. The van der Waals surface area contributed by atoms with Gasteiger partial charge in [-0.25, -0.2) is 18.7 Å². The number of nitrogens with one attached hydrogen (secondary N) is 2. The number of aromatic nitrogens is 3. The van der Waals surface area contributed by atoms with Crippen molar-refractivity contribution in [1.82, 2.24) is 19.9 Å². The number of nitrogens with two attached hydrogens (primary N) is 1. The molecule has 0 spiro atoms. The number of hydrogen-bond acceptors (Lipinski definition) is 9. The molecule has 5 N–H and O–H groups in total. The normalized spacial score (nSPS) is 21.7. The Hall–Kier alpha value is -4.30. The van der Waals surface area contributed by atoms with Crippen LogP contribution in [-0.2, 0) is 20.9 Å². The number of hydrogen-bond donors (Lipinski definition) is 4. The van der Waals surface area contributed by atoms with Crippen molar-refractivity contribution in [1.29, 1.82) is 0 Å². The Morgan fingerprint density at radius 2 is 1.88 bits per heavy atom. The Morgan fingerprint density at radius 1 is 1.19 bits per heavy atom. The first kappa shape index (κ1) is 31.6. The number of esters is 1. The maximum atomic E-state index is 13.9. The maximum Gasteiger partial charge on any atom is 0.354 e. The van der Waals surface area contributed by atoms with Gasteiger partial charge in [-0.15, -0.1) is 12.4 Å². The van der Waals surface area contributed by atoms with Crippen LogP contribution in [0.3, 0.4) is 0 Å². The van der Waals surface area contributed by atoms with Gasteiger partial charge in [0.1, 0.15) is 11.4 Å². The van der Waals surface area contributed by atoms with Crippen molar-refractivity contribution >= 4 is 47.5 Å². The van der Waals surface area contributed by atoms with Gasteiger partial charge >= 0.3 is 11.9 Å². The van der Waals surface area contributed by atoms with Crippen LogP contribution in [-0.4, -0.2) is 63.7 Å². The van der Waals surface area contributed by atoms with Crippen LogP contribution >= 0.6 is 12.4 Å². The Labute approximate surface area is 251 Å². The Kier molecular flexibility index (Phi) is 9.21. The zero-order valence-corrected chi connectivity index (χ0v) is 24.2. The van der Waals surface area contributed by atoms with E-state index in [0.29, 0.717) is 24.5 Å². The molecular weight excluding hydrogens is 587 g/mol. The van der Waals surface area contributed by atoms with Gasteiger partial charge < -0.3 is 30.9 Å². The zero-order chi connectivity index (χ0) is 30.1. The Balaban J connectivity index is 0.000000253. The molecule has 3 fully saturated rings. The number of ether oxygens (including phenoxy) is 2. The topological polar surface area (TPSA) is 187 Å². The highest BCUT2D eigenvalue weighted by molar-refractivity contribution is 5.96. The molecule has 230 valence electrons. The van der Waals surface area contributed by atoms with E-state index in [9.17, 15) is 28.7 Å². The van der Waals surface area contributed by atoms with Crippen molar-refractivity contribution in [3.8, 4) is 5.75 Å². The van der Waals surface area contributed by atoms with E-state index >= 15 is 0 Å². The number of fused-ring (bicyclic) bond motifs is 5. The van der Waals surface area contributed by atoms with Crippen LogP contribution < -0.4 is 21.1 Å². The molecule has 2 aromatic heterocycles. The molecule has 4 aliphatic rings. The highest BCUT2D eigenvalue weighted by Crippen LogP contribution is 2.57. The monoisotopic (exact) mass is 618 g/mol. The van der Waals surface area contributed by atoms with Crippen LogP contribution in [0, 0.1) is 16.6 Å². The molecule has 1 aromatic carbocycles. The van der Waals surface area contributed by atoms with Gasteiger partial charge in [-0.3, -0.25) is 14.4 Å². The summed E-state index contributed by atoms with van der Waals surface area (Å²) in [4.78, 5) is 50.9. The largest absolute Gasteiger partial charge is 0.482 e. The van der Waals surface area contributed by atoms with Gasteiger partial charge in [0.25, 0.3) is 11.8 Å². The van der Waals surface area contributed by atoms with Crippen molar-refractivity contribution in [2.75, 3.05) is 25.6 Å². The SMILES string of the molecule is COC(=O)C12CCC(CNC(=O)c3cc(C(=O)O)nc4c(F)cnn34)(CC1)CC2.Cl.NCc1ccc2c(c1)NC(=O)CO2. The molecule has 13 nitrogen and oxygen atoms in total. The highest BCUT2D eigenvalue weighted by atomic mass is 35.5. The molecule has 0 atom stereocenters. The van der Waals surface area contributed by atoms with Crippen LogP contribution in [0.4, 0.5) is 10.1 Å². The summed E-state index contributed by atoms with van der Waals surface area (Å²) in [7, 11) is 1.41. The maximum absolute atomic E-state index is 13.9. The second-order valence-electron chi connectivity index (χ2n) is 10.9. The molecule has 2 bridgehead atoms. The highest BCUT2D eigenvalue weighted by Gasteiger charge is 2.53. The van der Waals surface area contributed by atoms with E-state index in [1.165, 1.54) is 7.11 Å². The fraction of sp³-hybridized carbons (Fsp3) is 0.429. The molecule has 3 aromatic rings. The molecule has 3 aliphatic carbocycles. The Bertz CT molecular complexity index is 1550. The van der Waals surface area contributed by atoms with Gasteiger partial charge in [-0.1, -0.05) is 6.07 Å². The van der Waals surface area contributed by atoms with E-state index in [1.54, 1.807) is 0 Å². The number of amides is 2. The average molecular weight is 619 g/mol. The van der Waals surface area contributed by atoms with E-state index < -0.39 is 28.8 Å². The van der Waals surface area contributed by atoms with Gasteiger partial charge in [-0.2, -0.15) is 5.10 Å². The number of methoxy groups -OCH3 is 1. The van der Waals surface area contributed by atoms with Crippen LogP contribution in [0.15, 0.2) is 30.5 Å². The minimum absolute atomic E-state index is 0. The quantitative estimate of drug-likeness (QED) is 0.299. The van der Waals surface area contributed by atoms with Crippen LogP contribution in [0.5, 0.6) is 5.75 Å². The van der Waals surface area contributed by atoms with Crippen LogP contribution in [0.2, 0.25) is 0 Å². The summed E-state index contributed by atoms with van der Waals surface area (Å²) in [6.07, 6.45) is 5.45. The number of nitrogens with zero attached hydrogens (tertiary/aromatic N) is 3. The van der Waals surface area contributed by atoms with Gasteiger partial charge in [0.15, 0.2) is 23.8 Å². The minimum atomic E-state index is -1.36. The molecule has 2 amide bonds. The molecule has 1 aliphatic heterocycles. The summed E-state index contributed by atoms with van der Waals surface area (Å²) in [5.74, 6) is -2.29. The number of aromatic carboxylic acids is 1. The number of anilines is 1. The van der Waals surface area contributed by atoms with Gasteiger partial charge in [-0.05, 0) is 61.6 Å². The third kappa shape index (κ3) is 6.25. The fourth-order valence-corrected chi connectivity index (χ4v) is 5.87. The summed E-state index contributed by atoms with van der Waals surface area (Å²) < 4.78 is 25.0. The lowest BCUT2D eigenvalue weighted by Crippen LogP contribution is -2.50. The lowest BCUT2D eigenvalue weighted by Gasteiger charge is -2.51. The van der Waals surface area contributed by atoms with Gasteiger partial charge in [0.2, 0.25) is 0 Å². The number of carbonyl (C=O) groups excluding carboxylic acids is 3. The van der Waals surface area contributed by atoms with Crippen molar-refractivity contribution < 1.29 is 38.1 Å². The minimum Gasteiger partial charge on any atom is -0.482 e. The summed E-state index contributed by atoms with van der Waals surface area (Å²) in [6, 6.07) is 6.61. The number of halogens is 2. The van der Waals surface area contributed by atoms with Crippen LogP contribution in [0.25, 0.3) is 5.65 Å². The first-order valence-electron chi connectivity index (χ1n) is 13.5. The summed E-state index contributed by atoms with van der Waals surface area (Å²) in [6.45, 7) is 0.942. The third-order valence-electron chi connectivity index (χ3n) is 8.44. The van der Waals surface area contributed by atoms with Gasteiger partial charge in [0, 0.05) is 19.2 Å². The van der Waals surface area contributed by atoms with Crippen molar-refractivity contribution in [2.45, 2.75) is 45.1 Å². The average Bonchev–Trinajstić information content (AvgIpc) is 3.40. The van der Waals surface area contributed by atoms with E-state index in [1.807, 2.05) is 18.2 Å². The molecule has 7 rings (SSSR count). The van der Waals surface area contributed by atoms with Crippen molar-refractivity contribution in [2.24, 2.45) is 16.6 Å². The zero-order valence-electron chi connectivity index (χ0n) is 23.4. The second kappa shape index (κ2) is 12.5. The molecule has 15 heteroatoms. The number of carboxylic acid groups (broad SMARTS) is 1. The summed E-state index contributed by atoms with van der Waals surface area (Å²) in [5, 5.41) is 18.6. The van der Waals surface area contributed by atoms with Gasteiger partial charge in [0.05, 0.1) is 24.4 Å². The number of carbonyl (C=O) groups is 4. The standard InChI is InChI=1S/C19H21FN4O5.C9H10N2O2.ClH/c1-29-17(28)19-5-2-18(3-6-19,4-7-19)10-21-15(25)13-8-12(16(26)27)23-14-11(20)9-22-24(13)14;10-4-6-1-2-8-7(3-6)11-9(12)5-13-8;/h8-9H,2-7,10H2,1H3,(H,21,25)(H,26,27);1-3H,4-5,10H2,(H,11,12);1H. The van der Waals surface area contributed by atoms with E-state index in [0.717, 1.165) is 60.9 Å². The number of benzene rings is 1. The lowest BCUT2D eigenvalue weighted by molar-refractivity contribution is -0.162. The number of rotatable bonds is 6. The first-order chi connectivity index (χ1) is 20.1. The summed E-state index contributed by atoms with van der Waals surface area (Å²) >= 11 is 0. The van der Waals surface area contributed by atoms with Crippen LogP contribution in [0.1, 0.15) is 65.1 Å². The molecular formula is C28H32ClFN6O7. The predicted molar refractivity (Wildman–Crippen MR) is 153 cm³/mol. The van der Waals surface area contributed by atoms with E-state index in [4.69, 9.17) is 15.2 Å². The molecule has 43 heavy (non-hydrogen) atoms. The molecule has 0 unspecified atom stereocenters. The molecule has 0 saturated heterocycles. The smallest absolute Gasteiger partial charge is 0.354 e. The molecule has 3 saturated carbocycles. The molecule has 0 radical (unpaired) electrons. The van der Waals surface area contributed by atoms with E-state index in [2.05, 4.69) is 20.7 Å². The fourth-order valence-electron chi connectivity index (χ4n) is 5.87. The van der Waals surface area contributed by atoms with Crippen molar-refractivity contribution in [3.63, 3.8) is 0 Å². The summed E-state index contributed by atoms with van der Waals surface area (Å²) in [5.41, 5.74) is 5.80. The third-order valence-corrected chi connectivity index (χ3v) is 8.44. The van der Waals surface area contributed by atoms with Crippen molar-refractivity contribution in [3.05, 3.63) is 53.2 Å².